The Morgan fingerprint density at radius 1 is 1.40 bits per heavy atom. The molecule has 1 aromatic carbocycles. The van der Waals surface area contributed by atoms with E-state index in [1.54, 1.807) is 0 Å². The number of aliphatic hydroxyl groups excluding tert-OH is 1. The lowest BCUT2D eigenvalue weighted by Crippen LogP contribution is -2.39. The Morgan fingerprint density at radius 2 is 2.10 bits per heavy atom. The molecule has 0 aromatic heterocycles. The minimum atomic E-state index is -4.68. The average molecular weight is 290 g/mol. The number of anilines is 1. The molecule has 1 aliphatic heterocycles. The van der Waals surface area contributed by atoms with Crippen LogP contribution in [0.25, 0.3) is 0 Å². The molecule has 2 rings (SSSR count). The molecule has 20 heavy (non-hydrogen) atoms. The highest BCUT2D eigenvalue weighted by Crippen LogP contribution is 2.39. The Bertz CT molecular complexity index is 519. The highest BCUT2D eigenvalue weighted by atomic mass is 19.4. The molecule has 0 radical (unpaired) electrons. The third-order valence-corrected chi connectivity index (χ3v) is 3.23. The Hall–Kier alpha value is -1.83. The smallest absolute Gasteiger partial charge is 0.391 e. The quantitative estimate of drug-likeness (QED) is 0.671. The molecule has 0 bridgehead atoms. The van der Waals surface area contributed by atoms with Gasteiger partial charge < -0.3 is 10.0 Å². The van der Waals surface area contributed by atoms with Gasteiger partial charge in [0.25, 0.3) is 5.69 Å². The number of alkyl halides is 3. The number of nitro benzene ring substituents is 1. The molecule has 0 aliphatic carbocycles. The molecular formula is C12H13F3N2O3. The van der Waals surface area contributed by atoms with Crippen molar-refractivity contribution in [2.75, 3.05) is 18.0 Å². The van der Waals surface area contributed by atoms with Crippen molar-refractivity contribution in [2.45, 2.75) is 25.1 Å². The summed E-state index contributed by atoms with van der Waals surface area (Å²) in [4.78, 5) is 11.2. The number of hydrogen-bond donors (Lipinski definition) is 1. The second-order valence-corrected chi connectivity index (χ2v) is 4.70. The summed E-state index contributed by atoms with van der Waals surface area (Å²) in [5.74, 6) is 0. The lowest BCUT2D eigenvalue weighted by Gasteiger charge is -2.33. The predicted molar refractivity (Wildman–Crippen MR) is 65.6 cm³/mol. The second kappa shape index (κ2) is 5.28. The van der Waals surface area contributed by atoms with E-state index in [0.29, 0.717) is 25.5 Å². The van der Waals surface area contributed by atoms with Crippen LogP contribution in [0, 0.1) is 10.1 Å². The highest BCUT2D eigenvalue weighted by Gasteiger charge is 2.37. The van der Waals surface area contributed by atoms with Crippen molar-refractivity contribution >= 4 is 11.4 Å². The number of β-amino-alcohol motifs (C(OH)–C–C–N with tert-alkyl or cyclic N) is 1. The molecule has 1 aliphatic rings. The van der Waals surface area contributed by atoms with E-state index in [2.05, 4.69) is 0 Å². The molecule has 0 spiro atoms. The maximum atomic E-state index is 13.0. The van der Waals surface area contributed by atoms with Gasteiger partial charge in [-0.15, -0.1) is 0 Å². The van der Waals surface area contributed by atoms with Gasteiger partial charge in [0.15, 0.2) is 0 Å². The van der Waals surface area contributed by atoms with Crippen molar-refractivity contribution in [1.29, 1.82) is 0 Å². The van der Waals surface area contributed by atoms with Crippen LogP contribution in [0.5, 0.6) is 0 Å². The molecule has 1 saturated heterocycles. The van der Waals surface area contributed by atoms with Gasteiger partial charge in [-0.05, 0) is 18.9 Å². The number of benzene rings is 1. The molecule has 1 heterocycles. The highest BCUT2D eigenvalue weighted by molar-refractivity contribution is 5.59. The van der Waals surface area contributed by atoms with Crippen LogP contribution in [-0.2, 0) is 6.18 Å². The van der Waals surface area contributed by atoms with Crippen LogP contribution in [0.3, 0.4) is 0 Å². The third-order valence-electron chi connectivity index (χ3n) is 3.23. The molecule has 1 unspecified atom stereocenters. The van der Waals surface area contributed by atoms with Gasteiger partial charge in [-0.3, -0.25) is 10.1 Å². The van der Waals surface area contributed by atoms with Crippen molar-refractivity contribution in [3.63, 3.8) is 0 Å². The molecule has 1 N–H and O–H groups in total. The zero-order valence-electron chi connectivity index (χ0n) is 10.4. The lowest BCUT2D eigenvalue weighted by molar-refractivity contribution is -0.385. The SMILES string of the molecule is O=[N+]([O-])c1ccc(N2CCCC(O)C2)c(C(F)(F)F)c1. The number of hydrogen-bond acceptors (Lipinski definition) is 4. The molecular weight excluding hydrogens is 277 g/mol. The largest absolute Gasteiger partial charge is 0.418 e. The summed E-state index contributed by atoms with van der Waals surface area (Å²) in [5, 5.41) is 20.2. The van der Waals surface area contributed by atoms with Crippen LogP contribution >= 0.6 is 0 Å². The normalized spacial score (nSPS) is 20.0. The Labute approximate surface area is 112 Å². The van der Waals surface area contributed by atoms with E-state index in [1.165, 1.54) is 4.90 Å². The fourth-order valence-electron chi connectivity index (χ4n) is 2.31. The summed E-state index contributed by atoms with van der Waals surface area (Å²) in [6, 6.07) is 2.68. The van der Waals surface area contributed by atoms with Gasteiger partial charge in [-0.25, -0.2) is 0 Å². The molecule has 8 heteroatoms. The van der Waals surface area contributed by atoms with Crippen molar-refractivity contribution < 1.29 is 23.2 Å². The predicted octanol–water partition coefficient (Wildman–Crippen LogP) is 2.57. The first-order chi connectivity index (χ1) is 9.29. The first kappa shape index (κ1) is 14.6. The lowest BCUT2D eigenvalue weighted by atomic mass is 10.0. The molecule has 5 nitrogen and oxygen atoms in total. The van der Waals surface area contributed by atoms with E-state index in [1.807, 2.05) is 0 Å². The van der Waals surface area contributed by atoms with Gasteiger partial charge in [0, 0.05) is 30.9 Å². The van der Waals surface area contributed by atoms with E-state index in [-0.39, 0.29) is 12.2 Å². The van der Waals surface area contributed by atoms with Crippen molar-refractivity contribution in [2.24, 2.45) is 0 Å². The van der Waals surface area contributed by atoms with E-state index in [4.69, 9.17) is 0 Å². The summed E-state index contributed by atoms with van der Waals surface area (Å²) in [6.07, 6.45) is -4.23. The number of halogens is 3. The Morgan fingerprint density at radius 3 is 2.65 bits per heavy atom. The van der Waals surface area contributed by atoms with E-state index in [9.17, 15) is 28.4 Å². The standard InChI is InChI=1S/C12H13F3N2O3/c13-12(14,15)10-6-8(17(19)20)3-4-11(10)16-5-1-2-9(18)7-16/h3-4,6,9,18H,1-2,5,7H2. The van der Waals surface area contributed by atoms with E-state index in [0.717, 1.165) is 12.1 Å². The maximum Gasteiger partial charge on any atom is 0.418 e. The summed E-state index contributed by atoms with van der Waals surface area (Å²) >= 11 is 0. The number of non-ortho nitro benzene ring substituents is 1. The first-order valence-electron chi connectivity index (χ1n) is 6.07. The summed E-state index contributed by atoms with van der Waals surface area (Å²) < 4.78 is 39.1. The van der Waals surface area contributed by atoms with Crippen molar-refractivity contribution in [1.82, 2.24) is 0 Å². The van der Waals surface area contributed by atoms with Gasteiger partial charge in [0.05, 0.1) is 16.6 Å². The summed E-state index contributed by atoms with van der Waals surface area (Å²) in [5.41, 5.74) is -1.76. The topological polar surface area (TPSA) is 66.6 Å². The number of rotatable bonds is 2. The molecule has 1 fully saturated rings. The maximum absolute atomic E-state index is 13.0. The van der Waals surface area contributed by atoms with Gasteiger partial charge in [0.1, 0.15) is 0 Å². The molecule has 110 valence electrons. The minimum absolute atomic E-state index is 0.0981. The van der Waals surface area contributed by atoms with Crippen molar-refractivity contribution in [3.05, 3.63) is 33.9 Å². The van der Waals surface area contributed by atoms with Crippen LogP contribution in [-0.4, -0.2) is 29.2 Å². The fourth-order valence-corrected chi connectivity index (χ4v) is 2.31. The summed E-state index contributed by atoms with van der Waals surface area (Å²) in [6.45, 7) is 0.485. The monoisotopic (exact) mass is 290 g/mol. The van der Waals surface area contributed by atoms with Crippen LogP contribution < -0.4 is 4.90 Å². The van der Waals surface area contributed by atoms with E-state index >= 15 is 0 Å². The second-order valence-electron chi connectivity index (χ2n) is 4.70. The number of aliphatic hydroxyl groups is 1. The Kier molecular flexibility index (Phi) is 3.85. The van der Waals surface area contributed by atoms with E-state index < -0.39 is 28.5 Å². The first-order valence-corrected chi connectivity index (χ1v) is 6.07. The fraction of sp³-hybridized carbons (Fsp3) is 0.500. The molecule has 0 amide bonds. The zero-order valence-corrected chi connectivity index (χ0v) is 10.4. The molecule has 1 aromatic rings. The third kappa shape index (κ3) is 3.01. The van der Waals surface area contributed by atoms with Crippen molar-refractivity contribution in [3.8, 4) is 0 Å². The Balaban J connectivity index is 2.43. The van der Waals surface area contributed by atoms with Crippen LogP contribution in [0.2, 0.25) is 0 Å². The molecule has 1 atom stereocenters. The zero-order chi connectivity index (χ0) is 14.9. The molecule has 0 saturated carbocycles. The number of nitrogens with zero attached hydrogens (tertiary/aromatic N) is 2. The van der Waals surface area contributed by atoms with Gasteiger partial charge in [-0.1, -0.05) is 0 Å². The van der Waals surface area contributed by atoms with Gasteiger partial charge in [0.2, 0.25) is 0 Å². The number of piperidine rings is 1. The van der Waals surface area contributed by atoms with Crippen LogP contribution in [0.15, 0.2) is 18.2 Å². The number of nitro groups is 1. The van der Waals surface area contributed by atoms with Crippen LogP contribution in [0.4, 0.5) is 24.5 Å². The van der Waals surface area contributed by atoms with Gasteiger partial charge in [-0.2, -0.15) is 13.2 Å². The average Bonchev–Trinajstić information content (AvgIpc) is 2.37. The van der Waals surface area contributed by atoms with Gasteiger partial charge >= 0.3 is 6.18 Å². The van der Waals surface area contributed by atoms with Crippen LogP contribution in [0.1, 0.15) is 18.4 Å². The minimum Gasteiger partial charge on any atom is -0.391 e. The summed E-state index contributed by atoms with van der Waals surface area (Å²) in [7, 11) is 0.